The van der Waals surface area contributed by atoms with Gasteiger partial charge in [0, 0.05) is 6.92 Å². The Kier molecular flexibility index (Phi) is 9.40. The molecular formula is C14H14O2. The lowest BCUT2D eigenvalue weighted by molar-refractivity contribution is -0.139. The van der Waals surface area contributed by atoms with Crippen LogP contribution in [0.1, 0.15) is 13.8 Å². The summed E-state index contributed by atoms with van der Waals surface area (Å²) in [6.07, 6.45) is 10.5. The van der Waals surface area contributed by atoms with Crippen molar-refractivity contribution < 1.29 is 9.53 Å². The number of hydrogen-bond donors (Lipinski definition) is 0. The lowest BCUT2D eigenvalue weighted by Gasteiger charge is -1.92. The monoisotopic (exact) mass is 214 g/mol. The van der Waals surface area contributed by atoms with E-state index in [0.717, 1.165) is 0 Å². The number of carbonyl (C=O) groups excluding carboxylic acids is 1. The van der Waals surface area contributed by atoms with Gasteiger partial charge in [-0.05, 0) is 37.0 Å². The first-order valence-corrected chi connectivity index (χ1v) is 4.84. The molecule has 0 N–H and O–H groups in total. The van der Waals surface area contributed by atoms with Gasteiger partial charge >= 0.3 is 5.97 Å². The lowest BCUT2D eigenvalue weighted by atomic mass is 10.4. The summed E-state index contributed by atoms with van der Waals surface area (Å²) < 4.78 is 4.69. The van der Waals surface area contributed by atoms with Crippen molar-refractivity contribution in [1.82, 2.24) is 0 Å². The first-order chi connectivity index (χ1) is 7.77. The van der Waals surface area contributed by atoms with Gasteiger partial charge < -0.3 is 4.74 Å². The number of esters is 1. The summed E-state index contributed by atoms with van der Waals surface area (Å²) in [6.45, 7) is 3.56. The molecule has 0 aromatic rings. The quantitative estimate of drug-likeness (QED) is 0.409. The number of rotatable bonds is 3. The molecule has 16 heavy (non-hydrogen) atoms. The normalized spacial score (nSPS) is 9.88. The molecule has 2 heteroatoms. The van der Waals surface area contributed by atoms with E-state index < -0.39 is 0 Å². The third kappa shape index (κ3) is 11.8. The summed E-state index contributed by atoms with van der Waals surface area (Å²) in [5, 5.41) is 0. The summed E-state index contributed by atoms with van der Waals surface area (Å²) in [7, 11) is 0. The molecule has 0 aromatic heterocycles. The van der Waals surface area contributed by atoms with Gasteiger partial charge in [0.15, 0.2) is 0 Å². The summed E-state index contributed by atoms with van der Waals surface area (Å²) in [6, 6.07) is 0. The molecule has 0 bridgehead atoms. The van der Waals surface area contributed by atoms with E-state index in [1.807, 2.05) is 13.0 Å². The van der Waals surface area contributed by atoms with E-state index in [2.05, 4.69) is 28.4 Å². The average Bonchev–Trinajstić information content (AvgIpc) is 2.25. The van der Waals surface area contributed by atoms with Gasteiger partial charge in [0.1, 0.15) is 6.61 Å². The molecule has 0 spiro atoms. The van der Waals surface area contributed by atoms with Crippen molar-refractivity contribution in [1.29, 1.82) is 0 Å². The van der Waals surface area contributed by atoms with Crippen LogP contribution in [0.4, 0.5) is 0 Å². The van der Waals surface area contributed by atoms with E-state index in [1.54, 1.807) is 30.4 Å². The molecule has 0 saturated heterocycles. The van der Waals surface area contributed by atoms with Gasteiger partial charge in [0.05, 0.1) is 0 Å². The van der Waals surface area contributed by atoms with Gasteiger partial charge in [-0.15, -0.1) is 0 Å². The Labute approximate surface area is 96.7 Å². The van der Waals surface area contributed by atoms with Gasteiger partial charge in [0.2, 0.25) is 0 Å². The average molecular weight is 214 g/mol. The van der Waals surface area contributed by atoms with Crippen LogP contribution in [0.2, 0.25) is 0 Å². The Morgan fingerprint density at radius 2 is 1.88 bits per heavy atom. The smallest absolute Gasteiger partial charge is 0.302 e. The van der Waals surface area contributed by atoms with Crippen LogP contribution in [0.25, 0.3) is 0 Å². The Morgan fingerprint density at radius 1 is 1.19 bits per heavy atom. The second-order valence-electron chi connectivity index (χ2n) is 2.63. The van der Waals surface area contributed by atoms with Gasteiger partial charge in [-0.25, -0.2) is 0 Å². The molecule has 0 aliphatic heterocycles. The molecule has 0 radical (unpaired) electrons. The van der Waals surface area contributed by atoms with Crippen molar-refractivity contribution in [3.8, 4) is 23.7 Å². The Bertz CT molecular complexity index is 403. The molecule has 0 heterocycles. The SMILES string of the molecule is C/C=C/C#CC#CC=CC=CCOC(C)=O. The van der Waals surface area contributed by atoms with Crippen molar-refractivity contribution in [2.75, 3.05) is 6.61 Å². The fourth-order valence-corrected chi connectivity index (χ4v) is 0.642. The molecule has 0 unspecified atom stereocenters. The van der Waals surface area contributed by atoms with Crippen LogP contribution in [0.15, 0.2) is 36.5 Å². The van der Waals surface area contributed by atoms with Crippen molar-refractivity contribution in [3.05, 3.63) is 36.5 Å². The topological polar surface area (TPSA) is 26.3 Å². The molecule has 0 aliphatic rings. The zero-order valence-corrected chi connectivity index (χ0v) is 9.49. The highest BCUT2D eigenvalue weighted by Gasteiger charge is 1.84. The van der Waals surface area contributed by atoms with Crippen molar-refractivity contribution in [2.24, 2.45) is 0 Å². The van der Waals surface area contributed by atoms with Crippen molar-refractivity contribution in [3.63, 3.8) is 0 Å². The highest BCUT2D eigenvalue weighted by molar-refractivity contribution is 5.65. The number of ether oxygens (including phenoxy) is 1. The second-order valence-corrected chi connectivity index (χ2v) is 2.63. The summed E-state index contributed by atoms with van der Waals surface area (Å²) >= 11 is 0. The second kappa shape index (κ2) is 10.9. The van der Waals surface area contributed by atoms with Gasteiger partial charge in [0.25, 0.3) is 0 Å². The Hall–Kier alpha value is -2.19. The minimum atomic E-state index is -0.285. The van der Waals surface area contributed by atoms with Crippen LogP contribution < -0.4 is 0 Å². The number of allylic oxidation sites excluding steroid dienone is 5. The molecule has 82 valence electrons. The molecule has 0 atom stereocenters. The largest absolute Gasteiger partial charge is 0.462 e. The third-order valence-electron chi connectivity index (χ3n) is 1.27. The molecule has 0 amide bonds. The zero-order valence-electron chi connectivity index (χ0n) is 9.49. The molecule has 0 saturated carbocycles. The van der Waals surface area contributed by atoms with Crippen LogP contribution in [-0.2, 0) is 9.53 Å². The van der Waals surface area contributed by atoms with Crippen molar-refractivity contribution >= 4 is 5.97 Å². The standard InChI is InChI=1S/C14H14O2/c1-3-4-5-6-7-8-9-10-11-12-13-16-14(2)15/h3-4,9-12H,13H2,1-2H3/b4-3+,10-9?,12-11?. The molecular weight excluding hydrogens is 200 g/mol. The minimum Gasteiger partial charge on any atom is -0.462 e. The van der Waals surface area contributed by atoms with E-state index in [0.29, 0.717) is 0 Å². The van der Waals surface area contributed by atoms with Gasteiger partial charge in [-0.3, -0.25) is 4.79 Å². The van der Waals surface area contributed by atoms with Crippen molar-refractivity contribution in [2.45, 2.75) is 13.8 Å². The number of carbonyl (C=O) groups is 1. The van der Waals surface area contributed by atoms with Crippen LogP contribution in [0, 0.1) is 23.7 Å². The molecule has 0 fully saturated rings. The van der Waals surface area contributed by atoms with Gasteiger partial charge in [-0.2, -0.15) is 0 Å². The molecule has 2 nitrogen and oxygen atoms in total. The van der Waals surface area contributed by atoms with E-state index in [9.17, 15) is 4.79 Å². The maximum absolute atomic E-state index is 10.4. The summed E-state index contributed by atoms with van der Waals surface area (Å²) in [5.74, 6) is 10.5. The first-order valence-electron chi connectivity index (χ1n) is 4.84. The fraction of sp³-hybridized carbons (Fsp3) is 0.214. The van der Waals surface area contributed by atoms with E-state index in [4.69, 9.17) is 0 Å². The Balaban J connectivity index is 3.77. The van der Waals surface area contributed by atoms with Gasteiger partial charge in [-0.1, -0.05) is 30.1 Å². The van der Waals surface area contributed by atoms with E-state index in [1.165, 1.54) is 6.92 Å². The summed E-state index contributed by atoms with van der Waals surface area (Å²) in [4.78, 5) is 10.4. The maximum atomic E-state index is 10.4. The van der Waals surface area contributed by atoms with E-state index >= 15 is 0 Å². The fourth-order valence-electron chi connectivity index (χ4n) is 0.642. The molecule has 0 aliphatic carbocycles. The van der Waals surface area contributed by atoms with Crippen LogP contribution >= 0.6 is 0 Å². The van der Waals surface area contributed by atoms with Crippen LogP contribution in [-0.4, -0.2) is 12.6 Å². The highest BCUT2D eigenvalue weighted by atomic mass is 16.5. The summed E-state index contributed by atoms with van der Waals surface area (Å²) in [5.41, 5.74) is 0. The molecule has 0 rings (SSSR count). The predicted octanol–water partition coefficient (Wildman–Crippen LogP) is 2.24. The minimum absolute atomic E-state index is 0.285. The number of hydrogen-bond acceptors (Lipinski definition) is 2. The predicted molar refractivity (Wildman–Crippen MR) is 65.3 cm³/mol. The highest BCUT2D eigenvalue weighted by Crippen LogP contribution is 1.80. The third-order valence-corrected chi connectivity index (χ3v) is 1.27. The lowest BCUT2D eigenvalue weighted by Crippen LogP contribution is -1.96. The first kappa shape index (κ1) is 13.8. The van der Waals surface area contributed by atoms with E-state index in [-0.39, 0.29) is 12.6 Å². The Morgan fingerprint density at radius 3 is 2.50 bits per heavy atom. The molecule has 0 aromatic carbocycles. The van der Waals surface area contributed by atoms with Crippen LogP contribution in [0.5, 0.6) is 0 Å². The maximum Gasteiger partial charge on any atom is 0.302 e. The van der Waals surface area contributed by atoms with Crippen LogP contribution in [0.3, 0.4) is 0 Å². The zero-order chi connectivity index (χ0) is 12.1.